The van der Waals surface area contributed by atoms with E-state index in [2.05, 4.69) is 155 Å². The first-order valence-corrected chi connectivity index (χ1v) is 17.0. The molecule has 11 rings (SSSR count). The number of nitrogens with zero attached hydrogens (tertiary/aromatic N) is 4. The van der Waals surface area contributed by atoms with Crippen molar-refractivity contribution in [2.45, 2.75) is 0 Å². The first-order valence-electron chi connectivity index (χ1n) is 17.0. The van der Waals surface area contributed by atoms with Crippen LogP contribution >= 0.6 is 0 Å². The maximum Gasteiger partial charge on any atom is 0.165 e. The molecule has 0 spiro atoms. The summed E-state index contributed by atoms with van der Waals surface area (Å²) in [4.78, 5) is 10.7. The molecule has 0 amide bonds. The lowest BCUT2D eigenvalue weighted by Gasteiger charge is -2.15. The molecule has 0 saturated carbocycles. The summed E-state index contributed by atoms with van der Waals surface area (Å²) in [6.07, 6.45) is 0. The molecule has 0 fully saturated rings. The van der Waals surface area contributed by atoms with Gasteiger partial charge in [0.2, 0.25) is 0 Å². The van der Waals surface area contributed by atoms with Crippen molar-refractivity contribution in [3.63, 3.8) is 0 Å². The van der Waals surface area contributed by atoms with Gasteiger partial charge in [0, 0.05) is 38.2 Å². The third-order valence-corrected chi connectivity index (χ3v) is 10.2. The van der Waals surface area contributed by atoms with Crippen LogP contribution in [-0.4, -0.2) is 19.1 Å². The quantitative estimate of drug-likeness (QED) is 0.193. The van der Waals surface area contributed by atoms with Crippen LogP contribution in [0.3, 0.4) is 0 Å². The largest absolute Gasteiger partial charge is 0.309 e. The van der Waals surface area contributed by atoms with Gasteiger partial charge >= 0.3 is 0 Å². The molecule has 0 aliphatic heterocycles. The maximum atomic E-state index is 5.43. The predicted molar refractivity (Wildman–Crippen MR) is 209 cm³/mol. The average molecular weight is 637 g/mol. The number of para-hydroxylation sites is 3. The van der Waals surface area contributed by atoms with Gasteiger partial charge in [-0.1, -0.05) is 127 Å². The summed E-state index contributed by atoms with van der Waals surface area (Å²) in [6.45, 7) is 0. The van der Waals surface area contributed by atoms with Crippen molar-refractivity contribution in [3.05, 3.63) is 170 Å². The molecule has 4 nitrogen and oxygen atoms in total. The minimum Gasteiger partial charge on any atom is -0.309 e. The molecular formula is C46H28N4. The molecule has 0 N–H and O–H groups in total. The molecule has 0 radical (unpaired) electrons. The van der Waals surface area contributed by atoms with Crippen LogP contribution in [0.15, 0.2) is 170 Å². The lowest BCUT2D eigenvalue weighted by Crippen LogP contribution is -2.04. The van der Waals surface area contributed by atoms with Gasteiger partial charge in [0.15, 0.2) is 5.82 Å². The van der Waals surface area contributed by atoms with Crippen LogP contribution in [0.4, 0.5) is 0 Å². The fourth-order valence-corrected chi connectivity index (χ4v) is 7.99. The Morgan fingerprint density at radius 1 is 0.360 bits per heavy atom. The normalized spacial score (nSPS) is 12.0. The lowest BCUT2D eigenvalue weighted by molar-refractivity contribution is 1.08. The second-order valence-electron chi connectivity index (χ2n) is 13.0. The van der Waals surface area contributed by atoms with Crippen molar-refractivity contribution in [1.82, 2.24) is 19.1 Å². The Kier molecular flexibility index (Phi) is 5.63. The first-order chi connectivity index (χ1) is 24.8. The summed E-state index contributed by atoms with van der Waals surface area (Å²) in [5.41, 5.74) is 9.32. The number of fused-ring (bicyclic) bond motifs is 10. The van der Waals surface area contributed by atoms with Gasteiger partial charge < -0.3 is 4.57 Å². The Morgan fingerprint density at radius 3 is 1.86 bits per heavy atom. The second kappa shape index (κ2) is 10.4. The van der Waals surface area contributed by atoms with Crippen molar-refractivity contribution < 1.29 is 0 Å². The van der Waals surface area contributed by atoms with Gasteiger partial charge in [0.25, 0.3) is 0 Å². The summed E-state index contributed by atoms with van der Waals surface area (Å²) in [5.74, 6) is 0.818. The molecule has 0 unspecified atom stereocenters. The van der Waals surface area contributed by atoms with Gasteiger partial charge in [-0.05, 0) is 58.6 Å². The summed E-state index contributed by atoms with van der Waals surface area (Å²) in [6, 6.07) is 60.7. The average Bonchev–Trinajstić information content (AvgIpc) is 3.69. The minimum absolute atomic E-state index is 0.818. The van der Waals surface area contributed by atoms with Gasteiger partial charge in [-0.3, -0.25) is 4.57 Å². The Bertz CT molecular complexity index is 3150. The van der Waals surface area contributed by atoms with Gasteiger partial charge in [0.1, 0.15) is 5.69 Å². The Hall–Kier alpha value is -6.78. The third kappa shape index (κ3) is 3.87. The van der Waals surface area contributed by atoms with E-state index in [1.54, 1.807) is 0 Å². The molecule has 0 bridgehead atoms. The van der Waals surface area contributed by atoms with Crippen LogP contribution in [0.2, 0.25) is 0 Å². The number of hydrogen-bond donors (Lipinski definition) is 0. The number of hydrogen-bond acceptors (Lipinski definition) is 2. The zero-order chi connectivity index (χ0) is 32.8. The monoisotopic (exact) mass is 636 g/mol. The molecule has 4 heteroatoms. The van der Waals surface area contributed by atoms with E-state index < -0.39 is 0 Å². The van der Waals surface area contributed by atoms with Gasteiger partial charge in [-0.2, -0.15) is 0 Å². The van der Waals surface area contributed by atoms with E-state index in [0.29, 0.717) is 0 Å². The molecule has 3 aromatic heterocycles. The van der Waals surface area contributed by atoms with E-state index in [9.17, 15) is 0 Å². The van der Waals surface area contributed by atoms with Crippen molar-refractivity contribution >= 4 is 76.2 Å². The fourth-order valence-electron chi connectivity index (χ4n) is 7.99. The molecular weight excluding hydrogens is 609 g/mol. The van der Waals surface area contributed by atoms with Crippen molar-refractivity contribution in [2.24, 2.45) is 0 Å². The van der Waals surface area contributed by atoms with Gasteiger partial charge in [-0.25, -0.2) is 9.97 Å². The predicted octanol–water partition coefficient (Wildman–Crippen LogP) is 11.8. The molecule has 8 aromatic carbocycles. The van der Waals surface area contributed by atoms with E-state index in [1.165, 1.54) is 48.6 Å². The van der Waals surface area contributed by atoms with Crippen molar-refractivity contribution in [2.75, 3.05) is 0 Å². The highest BCUT2D eigenvalue weighted by atomic mass is 15.1. The SMILES string of the molecule is c1ccc(-c2nc3ccccc3nc2-n2c3cc4c(cc3c3ccc5ccccc5c32)c2ccccc2n4-c2ccc3ccccc3c2)cc1. The zero-order valence-corrected chi connectivity index (χ0v) is 27.0. The second-order valence-corrected chi connectivity index (χ2v) is 13.0. The highest BCUT2D eigenvalue weighted by Crippen LogP contribution is 2.43. The van der Waals surface area contributed by atoms with Gasteiger partial charge in [0.05, 0.1) is 33.1 Å². The number of benzene rings is 8. The van der Waals surface area contributed by atoms with Crippen molar-refractivity contribution in [1.29, 1.82) is 0 Å². The maximum absolute atomic E-state index is 5.43. The third-order valence-electron chi connectivity index (χ3n) is 10.2. The summed E-state index contributed by atoms with van der Waals surface area (Å²) < 4.78 is 4.79. The standard InChI is InChI=1S/C46H28N4/c1-2-14-31(15-3-1)44-46(48-40-20-10-9-19-39(40)47-44)50-43-28-42-37(27-38(43)36-25-23-30-13-6-7-17-34(30)45(36)50)35-18-8-11-21-41(35)49(42)33-24-22-29-12-4-5-16-32(29)26-33/h1-28H. The molecule has 11 aromatic rings. The number of rotatable bonds is 3. The summed E-state index contributed by atoms with van der Waals surface area (Å²) >= 11 is 0. The Morgan fingerprint density at radius 2 is 1.00 bits per heavy atom. The molecule has 0 saturated heterocycles. The van der Waals surface area contributed by atoms with Gasteiger partial charge in [-0.15, -0.1) is 0 Å². The first kappa shape index (κ1) is 27.2. The minimum atomic E-state index is 0.818. The van der Waals surface area contributed by atoms with E-state index in [4.69, 9.17) is 9.97 Å². The van der Waals surface area contributed by atoms with Crippen LogP contribution in [0, 0.1) is 0 Å². The smallest absolute Gasteiger partial charge is 0.165 e. The Labute approximate surface area is 287 Å². The van der Waals surface area contributed by atoms with E-state index in [-0.39, 0.29) is 0 Å². The van der Waals surface area contributed by atoms with E-state index in [1.807, 2.05) is 24.3 Å². The lowest BCUT2D eigenvalue weighted by atomic mass is 10.0. The van der Waals surface area contributed by atoms with E-state index >= 15 is 0 Å². The van der Waals surface area contributed by atoms with Crippen LogP contribution in [0.5, 0.6) is 0 Å². The molecule has 232 valence electrons. The molecule has 50 heavy (non-hydrogen) atoms. The van der Waals surface area contributed by atoms with Crippen LogP contribution in [0.1, 0.15) is 0 Å². The summed E-state index contributed by atoms with van der Waals surface area (Å²) in [7, 11) is 0. The number of aromatic nitrogens is 4. The van der Waals surface area contributed by atoms with Crippen molar-refractivity contribution in [3.8, 4) is 22.8 Å². The topological polar surface area (TPSA) is 35.6 Å². The zero-order valence-electron chi connectivity index (χ0n) is 27.0. The molecule has 0 aliphatic carbocycles. The molecule has 3 heterocycles. The Balaban J connectivity index is 1.34. The molecule has 0 atom stereocenters. The van der Waals surface area contributed by atoms with Crippen LogP contribution in [0.25, 0.3) is 99.0 Å². The van der Waals surface area contributed by atoms with Crippen LogP contribution in [-0.2, 0) is 0 Å². The van der Waals surface area contributed by atoms with Crippen LogP contribution < -0.4 is 0 Å². The fraction of sp³-hybridized carbons (Fsp3) is 0. The highest BCUT2D eigenvalue weighted by Gasteiger charge is 2.23. The summed E-state index contributed by atoms with van der Waals surface area (Å²) in [5, 5.41) is 9.66. The van der Waals surface area contributed by atoms with E-state index in [0.717, 1.165) is 50.3 Å². The molecule has 0 aliphatic rings. The highest BCUT2D eigenvalue weighted by molar-refractivity contribution is 6.23.